The van der Waals surface area contributed by atoms with Gasteiger partial charge in [0, 0.05) is 43.0 Å². The zero-order valence-corrected chi connectivity index (χ0v) is 33.5. The highest BCUT2D eigenvalue weighted by molar-refractivity contribution is 6.45. The number of nitrogens with zero attached hydrogens (tertiary/aromatic N) is 3. The lowest BCUT2D eigenvalue weighted by Gasteiger charge is -2.43. The van der Waals surface area contributed by atoms with Gasteiger partial charge >= 0.3 is 13.1 Å². The van der Waals surface area contributed by atoms with E-state index >= 15 is 0 Å². The van der Waals surface area contributed by atoms with Gasteiger partial charge in [0.25, 0.3) is 0 Å². The lowest BCUT2D eigenvalue weighted by Crippen LogP contribution is -2.51. The van der Waals surface area contributed by atoms with Gasteiger partial charge in [-0.05, 0) is 89.4 Å². The van der Waals surface area contributed by atoms with Crippen LogP contribution in [-0.2, 0) is 14.1 Å². The van der Waals surface area contributed by atoms with Crippen molar-refractivity contribution in [1.82, 2.24) is 4.90 Å². The van der Waals surface area contributed by atoms with E-state index in [4.69, 9.17) is 37.5 Å². The molecule has 2 saturated heterocycles. The number of rotatable bonds is 14. The standard InChI is InChI=1S/C42H56BCl2N3O4/c1-39(2,3)36(20-14-24-43-51-40(4,5)41(6,7)52-43)42(38(49)50,46-37(31-16-10-8-11-17-31)32-18-12-9-13-19-32)23-15-25-47-26-28-48(29-27-47)33-21-22-34(44)35(45)30-33/h8-13,16-19,21-22,30,36H,14-15,20,23-29H2,1-7H3,(H,49,50). The molecule has 0 aliphatic carbocycles. The lowest BCUT2D eigenvalue weighted by molar-refractivity contribution is -0.148. The summed E-state index contributed by atoms with van der Waals surface area (Å²) in [5, 5.41) is 12.6. The van der Waals surface area contributed by atoms with Gasteiger partial charge in [0.15, 0.2) is 5.54 Å². The van der Waals surface area contributed by atoms with Crippen molar-refractivity contribution in [1.29, 1.82) is 0 Å². The number of carboxylic acids is 1. The molecular weight excluding hydrogens is 692 g/mol. The van der Waals surface area contributed by atoms with E-state index in [0.717, 1.165) is 56.0 Å². The minimum absolute atomic E-state index is 0.270. The van der Waals surface area contributed by atoms with Crippen molar-refractivity contribution in [3.05, 3.63) is 100 Å². The molecule has 2 aliphatic rings. The van der Waals surface area contributed by atoms with Gasteiger partial charge in [-0.3, -0.25) is 9.89 Å². The Kier molecular flexibility index (Phi) is 12.9. The Bertz CT molecular complexity index is 1620. The molecule has 3 aromatic rings. The van der Waals surface area contributed by atoms with Gasteiger partial charge in [0.1, 0.15) is 0 Å². The van der Waals surface area contributed by atoms with Gasteiger partial charge in [-0.25, -0.2) is 4.79 Å². The average molecular weight is 749 g/mol. The van der Waals surface area contributed by atoms with Crippen LogP contribution >= 0.6 is 23.2 Å². The number of carboxylic acid groups (broad SMARTS) is 1. The fraction of sp³-hybridized carbons (Fsp3) is 0.524. The van der Waals surface area contributed by atoms with Crippen molar-refractivity contribution in [2.45, 2.75) is 97.2 Å². The number of anilines is 1. The number of hydrogen-bond donors (Lipinski definition) is 1. The van der Waals surface area contributed by atoms with E-state index in [2.05, 4.69) is 58.3 Å². The van der Waals surface area contributed by atoms with Crippen LogP contribution in [0.5, 0.6) is 0 Å². The van der Waals surface area contributed by atoms with Gasteiger partial charge in [-0.15, -0.1) is 0 Å². The Morgan fingerprint density at radius 3 is 1.90 bits per heavy atom. The third kappa shape index (κ3) is 9.43. The van der Waals surface area contributed by atoms with Crippen LogP contribution in [0.4, 0.5) is 5.69 Å². The van der Waals surface area contributed by atoms with Crippen LogP contribution < -0.4 is 4.90 Å². The summed E-state index contributed by atoms with van der Waals surface area (Å²) < 4.78 is 12.7. The molecule has 2 unspecified atom stereocenters. The molecule has 2 atom stereocenters. The summed E-state index contributed by atoms with van der Waals surface area (Å²) in [6.45, 7) is 19.0. The van der Waals surface area contributed by atoms with Crippen LogP contribution in [0.15, 0.2) is 83.9 Å². The second kappa shape index (κ2) is 16.6. The average Bonchev–Trinajstić information content (AvgIpc) is 3.31. The lowest BCUT2D eigenvalue weighted by atomic mass is 9.64. The maximum absolute atomic E-state index is 14.0. The zero-order chi connectivity index (χ0) is 37.7. The van der Waals surface area contributed by atoms with Crippen LogP contribution in [0.3, 0.4) is 0 Å². The summed E-state index contributed by atoms with van der Waals surface area (Å²) in [4.78, 5) is 24.3. The first-order valence-corrected chi connectivity index (χ1v) is 19.5. The fourth-order valence-corrected chi connectivity index (χ4v) is 8.03. The number of aliphatic carboxylic acids is 1. The summed E-state index contributed by atoms with van der Waals surface area (Å²) in [6.07, 6.45) is 3.22. The molecule has 3 aromatic carbocycles. The molecule has 0 saturated carbocycles. The Labute approximate surface area is 321 Å². The molecule has 280 valence electrons. The van der Waals surface area contributed by atoms with Crippen LogP contribution in [0.25, 0.3) is 0 Å². The number of halogens is 2. The zero-order valence-electron chi connectivity index (χ0n) is 32.0. The molecular formula is C42H56BCl2N3O4. The van der Waals surface area contributed by atoms with E-state index in [9.17, 15) is 9.90 Å². The number of piperazine rings is 1. The largest absolute Gasteiger partial charge is 0.479 e. The van der Waals surface area contributed by atoms with E-state index in [1.165, 1.54) is 0 Å². The molecule has 0 radical (unpaired) electrons. The van der Waals surface area contributed by atoms with Crippen molar-refractivity contribution in [2.75, 3.05) is 37.6 Å². The fourth-order valence-electron chi connectivity index (χ4n) is 7.74. The number of carbonyl (C=O) groups is 1. The summed E-state index contributed by atoms with van der Waals surface area (Å²) in [5.74, 6) is -1.15. The molecule has 10 heteroatoms. The SMILES string of the molecule is CC(C)(C)C(CCCB1OC(C)(C)C(C)(C)O1)C(CCCN1CCN(c2ccc(Cl)c(Cl)c2)CC1)(N=C(c1ccccc1)c1ccccc1)C(=O)O. The quantitative estimate of drug-likeness (QED) is 0.131. The van der Waals surface area contributed by atoms with E-state index < -0.39 is 22.7 Å². The third-order valence-electron chi connectivity index (χ3n) is 11.3. The Morgan fingerprint density at radius 2 is 1.40 bits per heavy atom. The summed E-state index contributed by atoms with van der Waals surface area (Å²) in [6, 6.07) is 25.8. The van der Waals surface area contributed by atoms with Gasteiger partial charge in [0.05, 0.1) is 27.0 Å². The number of aliphatic imine (C=N–C) groups is 1. The van der Waals surface area contributed by atoms with Crippen molar-refractivity contribution in [3.8, 4) is 0 Å². The van der Waals surface area contributed by atoms with Crippen LogP contribution in [0.2, 0.25) is 16.4 Å². The van der Waals surface area contributed by atoms with Crippen LogP contribution in [-0.4, -0.2) is 78.3 Å². The number of hydrogen-bond acceptors (Lipinski definition) is 6. The Balaban J connectivity index is 1.43. The van der Waals surface area contributed by atoms with Gasteiger partial charge in [-0.2, -0.15) is 0 Å². The minimum Gasteiger partial charge on any atom is -0.479 e. The van der Waals surface area contributed by atoms with Crippen molar-refractivity contribution >= 4 is 47.7 Å². The van der Waals surface area contributed by atoms with E-state index in [1.54, 1.807) is 0 Å². The maximum Gasteiger partial charge on any atom is 0.457 e. The Hall–Kier alpha value is -2.88. The second-order valence-corrected chi connectivity index (χ2v) is 17.3. The Morgan fingerprint density at radius 1 is 0.846 bits per heavy atom. The van der Waals surface area contributed by atoms with E-state index in [1.807, 2.05) is 78.9 Å². The molecule has 0 spiro atoms. The minimum atomic E-state index is -1.38. The molecule has 2 heterocycles. The summed E-state index contributed by atoms with van der Waals surface area (Å²) >= 11 is 12.5. The molecule has 0 amide bonds. The summed E-state index contributed by atoms with van der Waals surface area (Å²) in [7, 11) is -0.333. The second-order valence-electron chi connectivity index (χ2n) is 16.5. The van der Waals surface area contributed by atoms with E-state index in [-0.39, 0.29) is 18.5 Å². The van der Waals surface area contributed by atoms with Crippen LogP contribution in [0.1, 0.15) is 85.3 Å². The normalized spacial score (nSPS) is 19.2. The topological polar surface area (TPSA) is 74.6 Å². The van der Waals surface area contributed by atoms with Crippen molar-refractivity contribution < 1.29 is 19.2 Å². The van der Waals surface area contributed by atoms with E-state index in [0.29, 0.717) is 41.3 Å². The molecule has 2 aliphatic heterocycles. The molecule has 2 fully saturated rings. The molecule has 1 N–H and O–H groups in total. The highest BCUT2D eigenvalue weighted by atomic mass is 35.5. The first-order chi connectivity index (χ1) is 24.5. The van der Waals surface area contributed by atoms with Gasteiger partial charge < -0.3 is 19.3 Å². The first-order valence-electron chi connectivity index (χ1n) is 18.7. The molecule has 7 nitrogen and oxygen atoms in total. The van der Waals surface area contributed by atoms with Crippen LogP contribution in [0, 0.1) is 11.3 Å². The highest BCUT2D eigenvalue weighted by Crippen LogP contribution is 2.45. The van der Waals surface area contributed by atoms with Gasteiger partial charge in [0.2, 0.25) is 0 Å². The molecule has 52 heavy (non-hydrogen) atoms. The monoisotopic (exact) mass is 747 g/mol. The predicted molar refractivity (Wildman–Crippen MR) is 216 cm³/mol. The smallest absolute Gasteiger partial charge is 0.457 e. The summed E-state index contributed by atoms with van der Waals surface area (Å²) in [5.41, 5.74) is 1.02. The first kappa shape index (κ1) is 40.3. The third-order valence-corrected chi connectivity index (χ3v) is 12.0. The maximum atomic E-state index is 14.0. The van der Waals surface area contributed by atoms with Crippen molar-refractivity contribution in [2.24, 2.45) is 16.3 Å². The highest BCUT2D eigenvalue weighted by Gasteiger charge is 2.53. The predicted octanol–water partition coefficient (Wildman–Crippen LogP) is 9.79. The molecule has 5 rings (SSSR count). The molecule has 0 aromatic heterocycles. The molecule has 0 bridgehead atoms. The van der Waals surface area contributed by atoms with Gasteiger partial charge in [-0.1, -0.05) is 111 Å². The van der Waals surface area contributed by atoms with Crippen molar-refractivity contribution in [3.63, 3.8) is 0 Å². The number of benzene rings is 3.